The van der Waals surface area contributed by atoms with E-state index in [4.69, 9.17) is 16.1 Å². The lowest BCUT2D eigenvalue weighted by Crippen LogP contribution is -2.14. The number of carbonyl (C=O) groups is 1. The first kappa shape index (κ1) is 17.0. The summed E-state index contributed by atoms with van der Waals surface area (Å²) in [5.74, 6) is 0.108. The van der Waals surface area contributed by atoms with E-state index in [0.717, 1.165) is 11.1 Å². The number of hydrogen-bond donors (Lipinski definition) is 1. The Hall–Kier alpha value is -3.45. The highest BCUT2D eigenvalue weighted by molar-refractivity contribution is 6.30. The van der Waals surface area contributed by atoms with E-state index in [1.165, 1.54) is 6.33 Å². The predicted molar refractivity (Wildman–Crippen MR) is 100 cm³/mol. The fraction of sp³-hybridized carbons (Fsp3) is 0.0526. The number of anilines is 1. The molecule has 0 aliphatic carbocycles. The SMILES string of the molecule is O=C(Nc1ccccc1Cn1cncn1)c1cc(-c2cccc(Cl)c2)on1. The summed E-state index contributed by atoms with van der Waals surface area (Å²) in [6.07, 6.45) is 3.08. The maximum absolute atomic E-state index is 12.6. The van der Waals surface area contributed by atoms with E-state index in [0.29, 0.717) is 23.0 Å². The molecule has 1 N–H and O–H groups in total. The minimum absolute atomic E-state index is 0.181. The van der Waals surface area contributed by atoms with Gasteiger partial charge in [-0.1, -0.05) is 47.1 Å². The van der Waals surface area contributed by atoms with Crippen LogP contribution in [-0.4, -0.2) is 25.8 Å². The quantitative estimate of drug-likeness (QED) is 0.568. The number of halogens is 1. The van der Waals surface area contributed by atoms with Crippen molar-refractivity contribution in [3.63, 3.8) is 0 Å². The molecule has 134 valence electrons. The zero-order chi connectivity index (χ0) is 18.6. The molecule has 7 nitrogen and oxygen atoms in total. The van der Waals surface area contributed by atoms with E-state index >= 15 is 0 Å². The third-order valence-corrected chi connectivity index (χ3v) is 4.15. The van der Waals surface area contributed by atoms with E-state index in [1.54, 1.807) is 35.3 Å². The number of nitrogens with zero attached hydrogens (tertiary/aromatic N) is 4. The smallest absolute Gasteiger partial charge is 0.277 e. The lowest BCUT2D eigenvalue weighted by molar-refractivity contribution is 0.101. The van der Waals surface area contributed by atoms with Gasteiger partial charge < -0.3 is 9.84 Å². The normalized spacial score (nSPS) is 10.7. The van der Waals surface area contributed by atoms with Gasteiger partial charge in [0.25, 0.3) is 5.91 Å². The molecule has 0 fully saturated rings. The Morgan fingerprint density at radius 3 is 2.85 bits per heavy atom. The van der Waals surface area contributed by atoms with Gasteiger partial charge in [-0.25, -0.2) is 9.67 Å². The van der Waals surface area contributed by atoms with Crippen molar-refractivity contribution in [2.45, 2.75) is 6.54 Å². The molecule has 8 heteroatoms. The Morgan fingerprint density at radius 1 is 1.15 bits per heavy atom. The minimum atomic E-state index is -0.363. The van der Waals surface area contributed by atoms with Crippen LogP contribution in [-0.2, 0) is 6.54 Å². The highest BCUT2D eigenvalue weighted by Gasteiger charge is 2.15. The average molecular weight is 380 g/mol. The summed E-state index contributed by atoms with van der Waals surface area (Å²) in [5.41, 5.74) is 2.50. The van der Waals surface area contributed by atoms with Gasteiger partial charge >= 0.3 is 0 Å². The minimum Gasteiger partial charge on any atom is -0.355 e. The number of aromatic nitrogens is 4. The second-order valence-corrected chi connectivity index (χ2v) is 6.23. The molecule has 0 bridgehead atoms. The highest BCUT2D eigenvalue weighted by Crippen LogP contribution is 2.24. The van der Waals surface area contributed by atoms with Gasteiger partial charge in [0.15, 0.2) is 11.5 Å². The number of nitrogens with one attached hydrogen (secondary N) is 1. The molecular weight excluding hydrogens is 366 g/mol. The monoisotopic (exact) mass is 379 g/mol. The maximum Gasteiger partial charge on any atom is 0.277 e. The Labute approximate surface area is 159 Å². The lowest BCUT2D eigenvalue weighted by atomic mass is 10.1. The molecule has 2 heterocycles. The Kier molecular flexibility index (Phi) is 4.67. The van der Waals surface area contributed by atoms with Gasteiger partial charge in [-0.15, -0.1) is 0 Å². The number of carbonyl (C=O) groups excluding carboxylic acids is 1. The molecule has 0 atom stereocenters. The second-order valence-electron chi connectivity index (χ2n) is 5.79. The maximum atomic E-state index is 12.6. The molecule has 4 aromatic rings. The molecule has 0 radical (unpaired) electrons. The van der Waals surface area contributed by atoms with Crippen LogP contribution in [0.25, 0.3) is 11.3 Å². The number of hydrogen-bond acceptors (Lipinski definition) is 5. The van der Waals surface area contributed by atoms with Crippen molar-refractivity contribution in [1.29, 1.82) is 0 Å². The van der Waals surface area contributed by atoms with Crippen molar-refractivity contribution in [2.75, 3.05) is 5.32 Å². The van der Waals surface area contributed by atoms with Crippen LogP contribution in [0, 0.1) is 0 Å². The third-order valence-electron chi connectivity index (χ3n) is 3.92. The van der Waals surface area contributed by atoms with Gasteiger partial charge in [0, 0.05) is 22.3 Å². The molecule has 1 amide bonds. The van der Waals surface area contributed by atoms with Crippen LogP contribution in [0.5, 0.6) is 0 Å². The van der Waals surface area contributed by atoms with Crippen LogP contribution >= 0.6 is 11.6 Å². The van der Waals surface area contributed by atoms with Crippen LogP contribution in [0.3, 0.4) is 0 Å². The summed E-state index contributed by atoms with van der Waals surface area (Å²) >= 11 is 5.99. The zero-order valence-electron chi connectivity index (χ0n) is 14.0. The van der Waals surface area contributed by atoms with Crippen molar-refractivity contribution in [3.8, 4) is 11.3 Å². The first-order valence-corrected chi connectivity index (χ1v) is 8.51. The molecule has 0 aliphatic rings. The average Bonchev–Trinajstić information content (AvgIpc) is 3.35. The molecule has 4 rings (SSSR count). The van der Waals surface area contributed by atoms with E-state index < -0.39 is 0 Å². The Bertz CT molecular complexity index is 1080. The van der Waals surface area contributed by atoms with Gasteiger partial charge in [-0.3, -0.25) is 4.79 Å². The lowest BCUT2D eigenvalue weighted by Gasteiger charge is -2.09. The standard InChI is InChI=1S/C19H14ClN5O2/c20-15-6-3-5-13(8-15)18-9-17(24-27-18)19(26)23-16-7-2-1-4-14(16)10-25-12-21-11-22-25/h1-9,11-12H,10H2,(H,23,26). The van der Waals surface area contributed by atoms with Crippen molar-refractivity contribution in [3.05, 3.63) is 83.5 Å². The van der Waals surface area contributed by atoms with Gasteiger partial charge in [0.05, 0.1) is 6.54 Å². The first-order chi connectivity index (χ1) is 13.2. The molecule has 2 aromatic carbocycles. The summed E-state index contributed by atoms with van der Waals surface area (Å²) in [6, 6.07) is 16.2. The van der Waals surface area contributed by atoms with E-state index in [1.807, 2.05) is 30.3 Å². The van der Waals surface area contributed by atoms with E-state index in [9.17, 15) is 4.79 Å². The van der Waals surface area contributed by atoms with Gasteiger partial charge in [-0.2, -0.15) is 5.10 Å². The predicted octanol–water partition coefficient (Wildman–Crippen LogP) is 3.89. The van der Waals surface area contributed by atoms with Crippen LogP contribution in [0.15, 0.2) is 71.8 Å². The van der Waals surface area contributed by atoms with Crippen molar-refractivity contribution in [1.82, 2.24) is 19.9 Å². The summed E-state index contributed by atoms with van der Waals surface area (Å²) in [4.78, 5) is 16.5. The van der Waals surface area contributed by atoms with Crippen molar-refractivity contribution >= 4 is 23.2 Å². The molecule has 0 spiro atoms. The summed E-state index contributed by atoms with van der Waals surface area (Å²) in [5, 5.41) is 11.4. The van der Waals surface area contributed by atoms with E-state index in [-0.39, 0.29) is 11.6 Å². The van der Waals surface area contributed by atoms with Crippen LogP contribution < -0.4 is 5.32 Å². The van der Waals surface area contributed by atoms with Crippen molar-refractivity contribution < 1.29 is 9.32 Å². The molecule has 0 aliphatic heterocycles. The fourth-order valence-corrected chi connectivity index (χ4v) is 2.81. The molecular formula is C19H14ClN5O2. The highest BCUT2D eigenvalue weighted by atomic mass is 35.5. The fourth-order valence-electron chi connectivity index (χ4n) is 2.62. The van der Waals surface area contributed by atoms with Gasteiger partial charge in [0.2, 0.25) is 0 Å². The van der Waals surface area contributed by atoms with Crippen molar-refractivity contribution in [2.24, 2.45) is 0 Å². The molecule has 27 heavy (non-hydrogen) atoms. The Morgan fingerprint density at radius 2 is 2.04 bits per heavy atom. The van der Waals surface area contributed by atoms with Crippen LogP contribution in [0.4, 0.5) is 5.69 Å². The van der Waals surface area contributed by atoms with Gasteiger partial charge in [-0.05, 0) is 23.8 Å². The van der Waals surface area contributed by atoms with E-state index in [2.05, 4.69) is 20.6 Å². The number of para-hydroxylation sites is 1. The third kappa shape index (κ3) is 3.88. The molecule has 0 unspecified atom stereocenters. The largest absolute Gasteiger partial charge is 0.355 e. The molecule has 2 aromatic heterocycles. The summed E-state index contributed by atoms with van der Waals surface area (Å²) in [6.45, 7) is 0.489. The molecule has 0 saturated heterocycles. The summed E-state index contributed by atoms with van der Waals surface area (Å²) < 4.78 is 6.97. The topological polar surface area (TPSA) is 85.8 Å². The first-order valence-electron chi connectivity index (χ1n) is 8.13. The summed E-state index contributed by atoms with van der Waals surface area (Å²) in [7, 11) is 0. The van der Waals surface area contributed by atoms with Crippen LogP contribution in [0.1, 0.15) is 16.1 Å². The Balaban J connectivity index is 1.53. The number of benzene rings is 2. The molecule has 0 saturated carbocycles. The zero-order valence-corrected chi connectivity index (χ0v) is 14.8. The second kappa shape index (κ2) is 7.43. The van der Waals surface area contributed by atoms with Gasteiger partial charge in [0.1, 0.15) is 12.7 Å². The van der Waals surface area contributed by atoms with Crippen LogP contribution in [0.2, 0.25) is 5.02 Å². The number of amides is 1. The number of rotatable bonds is 5.